The molecule has 11 rings (SSSR count). The fourth-order valence-corrected chi connectivity index (χ4v) is 13.5. The first-order valence-electron chi connectivity index (χ1n) is 39.2. The Balaban J connectivity index is 0.775. The number of hydrogen-bond donors (Lipinski definition) is 0. The Morgan fingerprint density at radius 1 is 0.333 bits per heavy atom. The average Bonchev–Trinajstić information content (AvgIpc) is 1.71. The maximum atomic E-state index is 6.76. The highest BCUT2D eigenvalue weighted by Gasteiger charge is 2.41. The van der Waals surface area contributed by atoms with Crippen molar-refractivity contribution in [1.82, 2.24) is 34.6 Å². The number of ether oxygens (including phenoxy) is 28. The Bertz CT molecular complexity index is 2740. The molecule has 8 aliphatic rings. The first kappa shape index (κ1) is 88.2. The molecule has 11 heterocycles. The van der Waals surface area contributed by atoms with E-state index in [1.54, 1.807) is 9.36 Å². The van der Waals surface area contributed by atoms with Crippen LogP contribution in [0.2, 0.25) is 0 Å². The van der Waals surface area contributed by atoms with Crippen LogP contribution in [-0.4, -0.2) is 339 Å². The third kappa shape index (κ3) is 30.4. The van der Waals surface area contributed by atoms with Crippen LogP contribution < -0.4 is 4.57 Å². The van der Waals surface area contributed by atoms with Crippen molar-refractivity contribution >= 4 is 0 Å². The van der Waals surface area contributed by atoms with E-state index >= 15 is 0 Å². The molecule has 0 N–H and O–H groups in total. The van der Waals surface area contributed by atoms with Gasteiger partial charge in [0.2, 0.25) is 6.33 Å². The third-order valence-electron chi connectivity index (χ3n) is 18.8. The second kappa shape index (κ2) is 40.2. The zero-order valence-electron chi connectivity index (χ0n) is 68.2. The predicted octanol–water partition coefficient (Wildman–Crippen LogP) is 4.02. The molecule has 0 aromatic carbocycles. The molecule has 8 saturated heterocycles. The van der Waals surface area contributed by atoms with Crippen molar-refractivity contribution in [3.05, 3.63) is 42.5 Å². The molecule has 0 spiro atoms. The molecule has 0 radical (unpaired) electrons. The van der Waals surface area contributed by atoms with E-state index in [2.05, 4.69) is 10.2 Å². The monoisotopic (exact) mass is 1590 g/mol. The summed E-state index contributed by atoms with van der Waals surface area (Å²) >= 11 is 0. The van der Waals surface area contributed by atoms with E-state index in [4.69, 9.17) is 143 Å². The summed E-state index contributed by atoms with van der Waals surface area (Å²) in [6.45, 7) is 38.4. The predicted molar refractivity (Wildman–Crippen MR) is 386 cm³/mol. The number of aromatic nitrogens is 8. The molecule has 0 bridgehead atoms. The number of imidazole rings is 1. The van der Waals surface area contributed by atoms with Crippen LogP contribution in [0.25, 0.3) is 0 Å². The lowest BCUT2D eigenvalue weighted by atomic mass is 10.3. The van der Waals surface area contributed by atoms with Crippen molar-refractivity contribution in [2.45, 2.75) is 255 Å². The highest BCUT2D eigenvalue weighted by atomic mass is 16.8. The van der Waals surface area contributed by atoms with Crippen molar-refractivity contribution in [3.8, 4) is 0 Å². The topological polar surface area (TPSA) is 329 Å². The number of nitrogens with zero attached hydrogens (tertiary/aromatic N) is 8. The molecule has 0 aliphatic carbocycles. The summed E-state index contributed by atoms with van der Waals surface area (Å²) in [5.74, 6) is -5.67. The van der Waals surface area contributed by atoms with E-state index in [0.29, 0.717) is 130 Å². The van der Waals surface area contributed by atoms with Gasteiger partial charge in [-0.1, -0.05) is 10.4 Å². The summed E-state index contributed by atoms with van der Waals surface area (Å²) < 4.78 is 180. The van der Waals surface area contributed by atoms with Crippen molar-refractivity contribution < 1.29 is 137 Å². The average molecular weight is 1590 g/mol. The van der Waals surface area contributed by atoms with Crippen molar-refractivity contribution in [1.29, 1.82) is 0 Å². The molecular weight excluding hydrogens is 1460 g/mol. The molecule has 634 valence electrons. The van der Waals surface area contributed by atoms with Gasteiger partial charge in [-0.2, -0.15) is 0 Å². The van der Waals surface area contributed by atoms with Gasteiger partial charge in [0.1, 0.15) is 122 Å². The summed E-state index contributed by atoms with van der Waals surface area (Å²) in [6, 6.07) is -1.04. The van der Waals surface area contributed by atoms with Gasteiger partial charge in [0.05, 0.1) is 197 Å². The molecule has 36 heteroatoms. The van der Waals surface area contributed by atoms with Crippen LogP contribution in [0.5, 0.6) is 0 Å². The van der Waals surface area contributed by atoms with Crippen molar-refractivity contribution in [2.24, 2.45) is 0 Å². The summed E-state index contributed by atoms with van der Waals surface area (Å²) in [5, 5.41) is 18.8. The molecule has 111 heavy (non-hydrogen) atoms. The molecular formula is C75H127N8O28+. The van der Waals surface area contributed by atoms with Gasteiger partial charge in [0, 0.05) is 0 Å². The SMILES string of the molecule is CC1(C)OCC(COCC(COCC2COC(C)(C)O2)OCC(COC(COCC2COC(C)(C)O2)COCC2COC(C)(C)O2)n2cc(Cn3cc[n+](Cc4cn(C(COC(COCC5COC(C)(C)O5)COCC5COC(C)(C)O5)COC(COCC5COC(C)(C)O5)COCC5COC(C)(C)O5)nn4)c3)nn2)O1. The summed E-state index contributed by atoms with van der Waals surface area (Å²) in [6.07, 6.45) is 5.52. The smallest absolute Gasteiger partial charge is 0.244 e. The minimum absolute atomic E-state index is 0.119. The first-order valence-corrected chi connectivity index (χ1v) is 39.2. The summed E-state index contributed by atoms with van der Waals surface area (Å²) in [4.78, 5) is 0. The van der Waals surface area contributed by atoms with Crippen molar-refractivity contribution in [3.63, 3.8) is 0 Å². The zero-order valence-corrected chi connectivity index (χ0v) is 68.2. The van der Waals surface area contributed by atoms with Gasteiger partial charge in [-0.3, -0.25) is 0 Å². The molecule has 36 nitrogen and oxygen atoms in total. The third-order valence-corrected chi connectivity index (χ3v) is 18.8. The molecule has 3 aromatic rings. The van der Waals surface area contributed by atoms with Crippen LogP contribution >= 0.6 is 0 Å². The van der Waals surface area contributed by atoms with E-state index in [-0.39, 0.29) is 128 Å². The van der Waals surface area contributed by atoms with Gasteiger partial charge in [-0.05, 0) is 111 Å². The highest BCUT2D eigenvalue weighted by molar-refractivity contribution is 4.96. The largest absolute Gasteiger partial charge is 0.376 e. The van der Waals surface area contributed by atoms with Gasteiger partial charge < -0.3 is 133 Å². The second-order valence-corrected chi connectivity index (χ2v) is 33.2. The van der Waals surface area contributed by atoms with E-state index < -0.39 is 82.8 Å². The van der Waals surface area contributed by atoms with Gasteiger partial charge in [0.15, 0.2) is 46.3 Å². The van der Waals surface area contributed by atoms with E-state index in [0.717, 1.165) is 0 Å². The Morgan fingerprint density at radius 3 is 0.784 bits per heavy atom. The maximum absolute atomic E-state index is 6.76. The summed E-state index contributed by atoms with van der Waals surface area (Å²) in [7, 11) is 0. The Morgan fingerprint density at radius 2 is 0.559 bits per heavy atom. The van der Waals surface area contributed by atoms with Crippen LogP contribution in [0, 0.1) is 0 Å². The Kier molecular flexibility index (Phi) is 31.9. The second-order valence-electron chi connectivity index (χ2n) is 33.2. The molecule has 8 fully saturated rings. The van der Waals surface area contributed by atoms with Crippen molar-refractivity contribution in [2.75, 3.05) is 185 Å². The lowest BCUT2D eigenvalue weighted by Gasteiger charge is -2.26. The van der Waals surface area contributed by atoms with Crippen LogP contribution in [0.1, 0.15) is 134 Å². The zero-order chi connectivity index (χ0) is 78.9. The fourth-order valence-electron chi connectivity index (χ4n) is 13.5. The van der Waals surface area contributed by atoms with E-state index in [1.165, 1.54) is 0 Å². The van der Waals surface area contributed by atoms with Crippen LogP contribution in [0.15, 0.2) is 31.1 Å². The quantitative estimate of drug-likeness (QED) is 0.0720. The standard InChI is InChI=1S/C75H127N8O28/c1-68(2)96-43-60(104-68)35-84-27-56(28-85-36-61-44-97-69(3,4)105-61)92-23-54(24-93-57(29-86-37-62-45-98-70(5,6)106-62)30-87-38-63-46-99-71(7,8)107-63)82-21-52(76-78-82)19-80-17-18-81(51-80)20-53-22-83(79-77-53)55(25-94-58(31-88-39-64-47-100-72(9,10)108-64)32-89-40-65-48-101-73(11,12)109-65)26-95-59(33-90-41-66-49-102-74(13,14)110-66)34-91-42-67-50-103-75(15,16)111-67/h17-18,21-22,51,54-67H,19-20,23-50H2,1-16H3/q+1. The lowest BCUT2D eigenvalue weighted by Crippen LogP contribution is -2.35. The van der Waals surface area contributed by atoms with Crippen LogP contribution in [0.4, 0.5) is 0 Å². The van der Waals surface area contributed by atoms with Gasteiger partial charge in [-0.25, -0.2) is 18.5 Å². The van der Waals surface area contributed by atoms with E-state index in [1.807, 2.05) is 151 Å². The minimum Gasteiger partial charge on any atom is -0.376 e. The van der Waals surface area contributed by atoms with Crippen LogP contribution in [-0.2, 0) is 146 Å². The maximum Gasteiger partial charge on any atom is 0.244 e. The van der Waals surface area contributed by atoms with Crippen LogP contribution in [0.3, 0.4) is 0 Å². The molecule has 3 aromatic heterocycles. The lowest BCUT2D eigenvalue weighted by molar-refractivity contribution is -0.688. The number of hydrogen-bond acceptors (Lipinski definition) is 32. The summed E-state index contributed by atoms with van der Waals surface area (Å²) in [5.41, 5.74) is 1.34. The molecule has 8 atom stereocenters. The molecule has 0 saturated carbocycles. The molecule has 0 amide bonds. The van der Waals surface area contributed by atoms with Gasteiger partial charge >= 0.3 is 0 Å². The fraction of sp³-hybridized carbons (Fsp3) is 0.907. The van der Waals surface area contributed by atoms with Gasteiger partial charge in [-0.15, -0.1) is 10.2 Å². The van der Waals surface area contributed by atoms with E-state index in [9.17, 15) is 0 Å². The first-order chi connectivity index (χ1) is 52.7. The van der Waals surface area contributed by atoms with Gasteiger partial charge in [0.25, 0.3) is 0 Å². The molecule has 8 unspecified atom stereocenters. The normalized spacial score (nSPS) is 28.5. The minimum atomic E-state index is -0.709. The number of rotatable bonds is 50. The Labute approximate surface area is 652 Å². The Hall–Kier alpha value is -3.63. The highest BCUT2D eigenvalue weighted by Crippen LogP contribution is 2.30. The molecule has 8 aliphatic heterocycles.